The molecule has 2 fully saturated rings. The second-order valence-electron chi connectivity index (χ2n) is 7.03. The summed E-state index contributed by atoms with van der Waals surface area (Å²) in [5, 5.41) is 3.01. The highest BCUT2D eigenvalue weighted by atomic mass is 19.1. The van der Waals surface area contributed by atoms with Gasteiger partial charge in [0.2, 0.25) is 5.91 Å². The number of fused-ring (bicyclic) bond motifs is 2. The molecule has 0 spiro atoms. The van der Waals surface area contributed by atoms with E-state index in [1.165, 1.54) is 25.0 Å². The molecule has 0 aliphatic heterocycles. The van der Waals surface area contributed by atoms with Gasteiger partial charge in [-0.3, -0.25) is 4.79 Å². The van der Waals surface area contributed by atoms with Gasteiger partial charge in [-0.2, -0.15) is 0 Å². The second-order valence-corrected chi connectivity index (χ2v) is 7.03. The minimum absolute atomic E-state index is 0.0910. The van der Waals surface area contributed by atoms with E-state index in [2.05, 4.69) is 11.9 Å². The van der Waals surface area contributed by atoms with Crippen LogP contribution in [0.3, 0.4) is 0 Å². The number of halogens is 1. The van der Waals surface area contributed by atoms with E-state index in [9.17, 15) is 9.18 Å². The second kappa shape index (κ2) is 8.00. The summed E-state index contributed by atoms with van der Waals surface area (Å²) in [5.41, 5.74) is 0.658. The molecule has 2 saturated carbocycles. The van der Waals surface area contributed by atoms with Crippen LogP contribution in [0.25, 0.3) is 6.08 Å². The van der Waals surface area contributed by atoms with E-state index in [0.29, 0.717) is 32.1 Å². The van der Waals surface area contributed by atoms with Crippen molar-refractivity contribution in [2.75, 3.05) is 26.4 Å². The first-order valence-corrected chi connectivity index (χ1v) is 9.04. The third-order valence-corrected chi connectivity index (χ3v) is 5.44. The van der Waals surface area contributed by atoms with Crippen molar-refractivity contribution < 1.29 is 18.7 Å². The topological polar surface area (TPSA) is 47.6 Å². The minimum Gasteiger partial charge on any atom is -0.490 e. The molecule has 0 heterocycles. The standard InChI is InChI=1S/C20H26FNO3/c1-2-16-3-4-17(21)13-18(16)25-12-11-24-10-9-22-19(23)20-7-5-15(14-20)6-8-20/h2-4,13,15H,1,5-12,14H2,(H,22,23). The predicted molar refractivity (Wildman–Crippen MR) is 94.8 cm³/mol. The monoisotopic (exact) mass is 347 g/mol. The molecule has 2 aliphatic carbocycles. The van der Waals surface area contributed by atoms with Gasteiger partial charge in [0.15, 0.2) is 0 Å². The molecule has 0 saturated heterocycles. The average Bonchev–Trinajstić information content (AvgIpc) is 3.23. The van der Waals surface area contributed by atoms with Crippen LogP contribution in [0.4, 0.5) is 4.39 Å². The van der Waals surface area contributed by atoms with E-state index in [0.717, 1.165) is 30.7 Å². The summed E-state index contributed by atoms with van der Waals surface area (Å²) in [6.45, 7) is 5.36. The van der Waals surface area contributed by atoms with Crippen molar-refractivity contribution in [2.45, 2.75) is 32.1 Å². The fraction of sp³-hybridized carbons (Fsp3) is 0.550. The Morgan fingerprint density at radius 1 is 1.32 bits per heavy atom. The Bertz CT molecular complexity index is 623. The number of hydrogen-bond donors (Lipinski definition) is 1. The number of ether oxygens (including phenoxy) is 2. The Morgan fingerprint density at radius 2 is 2.12 bits per heavy atom. The van der Waals surface area contributed by atoms with Crippen molar-refractivity contribution in [1.29, 1.82) is 0 Å². The van der Waals surface area contributed by atoms with E-state index in [4.69, 9.17) is 9.47 Å². The molecule has 3 rings (SSSR count). The number of carbonyl (C=O) groups excluding carboxylic acids is 1. The van der Waals surface area contributed by atoms with Crippen LogP contribution in [0.5, 0.6) is 5.75 Å². The molecule has 1 aromatic rings. The molecule has 1 N–H and O–H groups in total. The van der Waals surface area contributed by atoms with Crippen LogP contribution >= 0.6 is 0 Å². The maximum absolute atomic E-state index is 13.2. The Labute approximate surface area is 148 Å². The Morgan fingerprint density at radius 3 is 2.80 bits per heavy atom. The van der Waals surface area contributed by atoms with Crippen molar-refractivity contribution >= 4 is 12.0 Å². The fourth-order valence-corrected chi connectivity index (χ4v) is 4.05. The van der Waals surface area contributed by atoms with Gasteiger partial charge < -0.3 is 14.8 Å². The van der Waals surface area contributed by atoms with Crippen LogP contribution < -0.4 is 10.1 Å². The van der Waals surface area contributed by atoms with Gasteiger partial charge in [0.25, 0.3) is 0 Å². The minimum atomic E-state index is -0.343. The lowest BCUT2D eigenvalue weighted by Crippen LogP contribution is -2.39. The molecule has 25 heavy (non-hydrogen) atoms. The first kappa shape index (κ1) is 17.9. The number of benzene rings is 1. The third kappa shape index (κ3) is 4.21. The summed E-state index contributed by atoms with van der Waals surface area (Å²) in [4.78, 5) is 12.4. The molecular weight excluding hydrogens is 321 g/mol. The molecule has 1 amide bonds. The van der Waals surface area contributed by atoms with E-state index in [-0.39, 0.29) is 17.1 Å². The smallest absolute Gasteiger partial charge is 0.226 e. The maximum atomic E-state index is 13.2. The molecule has 0 atom stereocenters. The third-order valence-electron chi connectivity index (χ3n) is 5.44. The summed E-state index contributed by atoms with van der Waals surface area (Å²) in [6, 6.07) is 4.34. The number of carbonyl (C=O) groups is 1. The lowest BCUT2D eigenvalue weighted by molar-refractivity contribution is -0.130. The van der Waals surface area contributed by atoms with E-state index >= 15 is 0 Å². The van der Waals surface area contributed by atoms with Crippen molar-refractivity contribution in [3.05, 3.63) is 36.2 Å². The van der Waals surface area contributed by atoms with Crippen LogP contribution in [0.1, 0.15) is 37.7 Å². The Hall–Kier alpha value is -1.88. The van der Waals surface area contributed by atoms with Gasteiger partial charge in [-0.1, -0.05) is 12.7 Å². The highest BCUT2D eigenvalue weighted by molar-refractivity contribution is 5.83. The molecule has 0 radical (unpaired) electrons. The van der Waals surface area contributed by atoms with E-state index < -0.39 is 0 Å². The molecule has 0 unspecified atom stereocenters. The number of nitrogens with one attached hydrogen (secondary N) is 1. The van der Waals surface area contributed by atoms with Crippen LogP contribution in [0.15, 0.2) is 24.8 Å². The molecule has 4 nitrogen and oxygen atoms in total. The van der Waals surface area contributed by atoms with Gasteiger partial charge in [-0.25, -0.2) is 4.39 Å². The Balaban J connectivity index is 1.30. The first-order valence-electron chi connectivity index (χ1n) is 9.04. The van der Waals surface area contributed by atoms with Gasteiger partial charge in [0, 0.05) is 23.6 Å². The molecular formula is C20H26FNO3. The number of amides is 1. The fourth-order valence-electron chi connectivity index (χ4n) is 4.05. The molecule has 136 valence electrons. The molecule has 2 aliphatic rings. The highest BCUT2D eigenvalue weighted by Gasteiger charge is 2.49. The largest absolute Gasteiger partial charge is 0.490 e. The lowest BCUT2D eigenvalue weighted by atomic mass is 9.83. The zero-order valence-electron chi connectivity index (χ0n) is 14.6. The summed E-state index contributed by atoms with van der Waals surface area (Å²) in [7, 11) is 0. The zero-order valence-corrected chi connectivity index (χ0v) is 14.6. The molecule has 1 aromatic carbocycles. The molecule has 5 heteroatoms. The van der Waals surface area contributed by atoms with Crippen LogP contribution in [0, 0.1) is 17.2 Å². The van der Waals surface area contributed by atoms with Crippen molar-refractivity contribution in [3.8, 4) is 5.75 Å². The number of rotatable bonds is 9. The average molecular weight is 347 g/mol. The predicted octanol–water partition coefficient (Wildman–Crippen LogP) is 3.56. The van der Waals surface area contributed by atoms with Crippen molar-refractivity contribution in [1.82, 2.24) is 5.32 Å². The quantitative estimate of drug-likeness (QED) is 0.695. The summed E-state index contributed by atoms with van der Waals surface area (Å²) < 4.78 is 24.3. The van der Waals surface area contributed by atoms with Crippen LogP contribution in [0.2, 0.25) is 0 Å². The number of hydrogen-bond acceptors (Lipinski definition) is 3. The Kier molecular flexibility index (Phi) is 5.74. The van der Waals surface area contributed by atoms with Gasteiger partial charge in [0.05, 0.1) is 13.2 Å². The summed E-state index contributed by atoms with van der Waals surface area (Å²) >= 11 is 0. The summed E-state index contributed by atoms with van der Waals surface area (Å²) in [5.74, 6) is 1.08. The van der Waals surface area contributed by atoms with E-state index in [1.54, 1.807) is 12.1 Å². The highest BCUT2D eigenvalue weighted by Crippen LogP contribution is 2.54. The summed E-state index contributed by atoms with van der Waals surface area (Å²) in [6.07, 6.45) is 7.17. The van der Waals surface area contributed by atoms with Gasteiger partial charge in [-0.15, -0.1) is 0 Å². The SMILES string of the molecule is C=Cc1ccc(F)cc1OCCOCCNC(=O)C12CCC(CC1)C2. The normalized spacial score (nSPS) is 24.3. The van der Waals surface area contributed by atoms with Gasteiger partial charge in [0.1, 0.15) is 18.2 Å². The zero-order chi connectivity index (χ0) is 17.7. The van der Waals surface area contributed by atoms with Crippen LogP contribution in [-0.4, -0.2) is 32.3 Å². The molecule has 2 bridgehead atoms. The van der Waals surface area contributed by atoms with Gasteiger partial charge in [-0.05, 0) is 50.2 Å². The van der Waals surface area contributed by atoms with Crippen molar-refractivity contribution in [3.63, 3.8) is 0 Å². The lowest BCUT2D eigenvalue weighted by Gasteiger charge is -2.25. The first-order chi connectivity index (χ1) is 12.1. The van der Waals surface area contributed by atoms with Gasteiger partial charge >= 0.3 is 0 Å². The van der Waals surface area contributed by atoms with Crippen LogP contribution in [-0.2, 0) is 9.53 Å². The molecule has 0 aromatic heterocycles. The maximum Gasteiger partial charge on any atom is 0.226 e. The van der Waals surface area contributed by atoms with Crippen molar-refractivity contribution in [2.24, 2.45) is 11.3 Å². The van der Waals surface area contributed by atoms with E-state index in [1.807, 2.05) is 0 Å².